The minimum Gasteiger partial charge on any atom is -0.481 e. The topological polar surface area (TPSA) is 54.4 Å². The Morgan fingerprint density at radius 3 is 2.63 bits per heavy atom. The van der Waals surface area contributed by atoms with Gasteiger partial charge < -0.3 is 5.11 Å². The van der Waals surface area contributed by atoms with Crippen LogP contribution in [0.1, 0.15) is 33.1 Å². The number of aliphatic carboxylic acids is 1. The second-order valence-corrected chi connectivity index (χ2v) is 7.03. The van der Waals surface area contributed by atoms with E-state index in [1.54, 1.807) is 0 Å². The molecule has 3 aliphatic rings. The fourth-order valence-electron chi connectivity index (χ4n) is 4.45. The molecule has 3 nitrogen and oxygen atoms in total. The molecule has 4 heteroatoms. The highest BCUT2D eigenvalue weighted by Crippen LogP contribution is 2.67. The van der Waals surface area contributed by atoms with Crippen LogP contribution in [0.5, 0.6) is 0 Å². The van der Waals surface area contributed by atoms with Crippen LogP contribution in [0.3, 0.4) is 0 Å². The quantitative estimate of drug-likeness (QED) is 0.751. The molecule has 3 rings (SSSR count). The molecule has 0 amide bonds. The summed E-state index contributed by atoms with van der Waals surface area (Å²) in [4.78, 5) is 23.4. The van der Waals surface area contributed by atoms with E-state index in [4.69, 9.17) is 11.6 Å². The first-order valence-electron chi connectivity index (χ1n) is 6.58. The number of carboxylic acids is 1. The average molecular weight is 281 g/mol. The summed E-state index contributed by atoms with van der Waals surface area (Å²) in [6, 6.07) is 0. The zero-order valence-electron chi connectivity index (χ0n) is 11.1. The minimum atomic E-state index is -0.739. The van der Waals surface area contributed by atoms with Gasteiger partial charge in [-0.3, -0.25) is 9.59 Å². The minimum absolute atomic E-state index is 0.151. The number of fused-ring (bicyclic) bond motifs is 3. The predicted octanol–water partition coefficient (Wildman–Crippen LogP) is 3.15. The molecule has 0 aromatic carbocycles. The van der Waals surface area contributed by atoms with E-state index in [0.717, 1.165) is 12.0 Å². The van der Waals surface area contributed by atoms with Crippen LogP contribution in [0.25, 0.3) is 0 Å². The third-order valence-electron chi connectivity index (χ3n) is 5.67. The van der Waals surface area contributed by atoms with Gasteiger partial charge in [0.1, 0.15) is 0 Å². The Labute approximate surface area is 117 Å². The molecule has 0 bridgehead atoms. The molecule has 4 atom stereocenters. The molecule has 102 valence electrons. The van der Waals surface area contributed by atoms with Crippen LogP contribution >= 0.6 is 11.6 Å². The Morgan fingerprint density at radius 1 is 1.42 bits per heavy atom. The summed E-state index contributed by atoms with van der Waals surface area (Å²) in [6.07, 6.45) is 2.01. The third-order valence-corrected chi connectivity index (χ3v) is 6.07. The number of carbonyl (C=O) groups is 2. The number of carbonyl (C=O) groups excluding carboxylic acids is 1. The summed E-state index contributed by atoms with van der Waals surface area (Å²) in [6.45, 7) is 7.75. The van der Waals surface area contributed by atoms with Crippen molar-refractivity contribution in [2.24, 2.45) is 22.7 Å². The number of rotatable bonds is 1. The molecule has 0 spiro atoms. The molecule has 0 radical (unpaired) electrons. The molecule has 0 heterocycles. The zero-order chi connectivity index (χ0) is 14.2. The molecule has 2 fully saturated rings. The monoisotopic (exact) mass is 280 g/mol. The van der Waals surface area contributed by atoms with Crippen molar-refractivity contribution in [1.29, 1.82) is 0 Å². The van der Waals surface area contributed by atoms with E-state index in [-0.39, 0.29) is 11.7 Å². The van der Waals surface area contributed by atoms with E-state index in [9.17, 15) is 14.7 Å². The maximum atomic E-state index is 12.0. The van der Waals surface area contributed by atoms with E-state index in [2.05, 4.69) is 6.58 Å². The van der Waals surface area contributed by atoms with Gasteiger partial charge in [-0.2, -0.15) is 0 Å². The molecule has 0 aliphatic heterocycles. The predicted molar refractivity (Wildman–Crippen MR) is 71.7 cm³/mol. The van der Waals surface area contributed by atoms with Gasteiger partial charge >= 0.3 is 5.97 Å². The number of Topliss-reactive ketones (excluding diaryl/α,β-unsaturated/α-hetero) is 1. The highest BCUT2D eigenvalue weighted by Gasteiger charge is 2.63. The van der Waals surface area contributed by atoms with Crippen molar-refractivity contribution < 1.29 is 14.7 Å². The molecule has 0 aromatic rings. The van der Waals surface area contributed by atoms with Gasteiger partial charge in [0, 0.05) is 11.0 Å². The number of carboxylic acid groups (broad SMARTS) is 1. The molecular formula is C15H17ClO3. The van der Waals surface area contributed by atoms with Crippen LogP contribution < -0.4 is 0 Å². The van der Waals surface area contributed by atoms with Crippen molar-refractivity contribution in [1.82, 2.24) is 0 Å². The molecule has 1 N–H and O–H groups in total. The van der Waals surface area contributed by atoms with Gasteiger partial charge in [0.15, 0.2) is 0 Å². The molecule has 0 aromatic heterocycles. The second kappa shape index (κ2) is 3.51. The summed E-state index contributed by atoms with van der Waals surface area (Å²) in [5.74, 6) is -0.408. The summed E-state index contributed by atoms with van der Waals surface area (Å²) in [5, 5.41) is 9.73. The SMILES string of the molecule is C=C1C(=O)C(Cl)=C2CC3CC(C)(C(=O)O)CC3C12C. The fraction of sp³-hybridized carbons (Fsp3) is 0.600. The molecular weight excluding hydrogens is 264 g/mol. The van der Waals surface area contributed by atoms with Crippen LogP contribution in [0, 0.1) is 22.7 Å². The first-order chi connectivity index (χ1) is 8.71. The van der Waals surface area contributed by atoms with Crippen molar-refractivity contribution in [2.75, 3.05) is 0 Å². The zero-order valence-corrected chi connectivity index (χ0v) is 11.9. The van der Waals surface area contributed by atoms with Gasteiger partial charge in [0.2, 0.25) is 5.78 Å². The largest absolute Gasteiger partial charge is 0.481 e. The summed E-state index contributed by atoms with van der Waals surface area (Å²) in [7, 11) is 0. The van der Waals surface area contributed by atoms with Gasteiger partial charge in [0.05, 0.1) is 10.4 Å². The Morgan fingerprint density at radius 2 is 2.05 bits per heavy atom. The maximum Gasteiger partial charge on any atom is 0.309 e. The Hall–Kier alpha value is -1.09. The lowest BCUT2D eigenvalue weighted by Crippen LogP contribution is -2.29. The van der Waals surface area contributed by atoms with E-state index in [0.29, 0.717) is 29.4 Å². The number of ketones is 1. The highest BCUT2D eigenvalue weighted by atomic mass is 35.5. The van der Waals surface area contributed by atoms with Crippen LogP contribution in [-0.2, 0) is 9.59 Å². The number of hydrogen-bond donors (Lipinski definition) is 1. The molecule has 4 unspecified atom stereocenters. The Balaban J connectivity index is 2.04. The van der Waals surface area contributed by atoms with E-state index in [1.807, 2.05) is 13.8 Å². The second-order valence-electron chi connectivity index (χ2n) is 6.65. The smallest absolute Gasteiger partial charge is 0.309 e. The summed E-state index contributed by atoms with van der Waals surface area (Å²) < 4.78 is 0. The molecule has 3 aliphatic carbocycles. The molecule has 19 heavy (non-hydrogen) atoms. The average Bonchev–Trinajstić information content (AvgIpc) is 2.86. The van der Waals surface area contributed by atoms with Crippen molar-refractivity contribution in [2.45, 2.75) is 33.1 Å². The number of hydrogen-bond acceptors (Lipinski definition) is 2. The van der Waals surface area contributed by atoms with Gasteiger partial charge in [-0.25, -0.2) is 0 Å². The molecule has 2 saturated carbocycles. The standard InChI is InChI=1S/C15H17ClO3/c1-7-12(17)11(16)9-4-8-5-14(2,13(18)19)6-10(8)15(7,9)3/h8,10H,1,4-6H2,2-3H3,(H,18,19). The van der Waals surface area contributed by atoms with Crippen LogP contribution in [-0.4, -0.2) is 16.9 Å². The van der Waals surface area contributed by atoms with Gasteiger partial charge in [-0.05, 0) is 43.6 Å². The van der Waals surface area contributed by atoms with Gasteiger partial charge in [0.25, 0.3) is 0 Å². The lowest BCUT2D eigenvalue weighted by molar-refractivity contribution is -0.148. The van der Waals surface area contributed by atoms with Gasteiger partial charge in [-0.1, -0.05) is 25.1 Å². The number of allylic oxidation sites excluding steroid dienone is 3. The van der Waals surface area contributed by atoms with Crippen molar-refractivity contribution >= 4 is 23.4 Å². The Kier molecular flexibility index (Phi) is 2.39. The van der Waals surface area contributed by atoms with E-state index in [1.165, 1.54) is 0 Å². The Bertz CT molecular complexity index is 562. The fourth-order valence-corrected chi connectivity index (χ4v) is 4.84. The summed E-state index contributed by atoms with van der Waals surface area (Å²) >= 11 is 6.15. The lowest BCUT2D eigenvalue weighted by Gasteiger charge is -2.31. The highest BCUT2D eigenvalue weighted by molar-refractivity contribution is 6.47. The van der Waals surface area contributed by atoms with Crippen molar-refractivity contribution in [3.05, 3.63) is 22.8 Å². The van der Waals surface area contributed by atoms with Crippen LogP contribution in [0.2, 0.25) is 0 Å². The van der Waals surface area contributed by atoms with Gasteiger partial charge in [-0.15, -0.1) is 0 Å². The van der Waals surface area contributed by atoms with Crippen molar-refractivity contribution in [3.8, 4) is 0 Å². The lowest BCUT2D eigenvalue weighted by atomic mass is 9.71. The van der Waals surface area contributed by atoms with E-state index >= 15 is 0 Å². The van der Waals surface area contributed by atoms with Crippen LogP contribution in [0.4, 0.5) is 0 Å². The summed E-state index contributed by atoms with van der Waals surface area (Å²) in [5.41, 5.74) is 0.454. The number of halogens is 1. The van der Waals surface area contributed by atoms with E-state index < -0.39 is 16.8 Å². The van der Waals surface area contributed by atoms with Crippen LogP contribution in [0.15, 0.2) is 22.8 Å². The first kappa shape index (κ1) is 12.9. The first-order valence-corrected chi connectivity index (χ1v) is 6.96. The third kappa shape index (κ3) is 1.34. The van der Waals surface area contributed by atoms with Crippen molar-refractivity contribution in [3.63, 3.8) is 0 Å². The molecule has 0 saturated heterocycles. The normalized spacial score (nSPS) is 44.8. The maximum absolute atomic E-state index is 12.0.